The molecule has 0 saturated heterocycles. The average Bonchev–Trinajstić information content (AvgIpc) is 3.68. The molecule has 0 bridgehead atoms. The molecule has 5 aromatic rings. The van der Waals surface area contributed by atoms with Crippen molar-refractivity contribution in [1.29, 1.82) is 10.5 Å². The molecule has 0 saturated carbocycles. The molecule has 0 aliphatic heterocycles. The maximum absolute atomic E-state index is 9.25. The van der Waals surface area contributed by atoms with Crippen molar-refractivity contribution in [3.05, 3.63) is 58.9 Å². The number of nitrogens with zero attached hydrogens (tertiary/aromatic N) is 4. The lowest BCUT2D eigenvalue weighted by Crippen LogP contribution is -2.00. The maximum atomic E-state index is 9.25. The number of allylic oxidation sites excluding steroid dienone is 2. The van der Waals surface area contributed by atoms with Gasteiger partial charge in [-0.1, -0.05) is 13.8 Å². The molecule has 37 heavy (non-hydrogen) atoms. The highest BCUT2D eigenvalue weighted by Crippen LogP contribution is 2.48. The van der Waals surface area contributed by atoms with E-state index in [1.54, 1.807) is 0 Å². The number of hydrogen-bond donors (Lipinski definition) is 0. The Morgan fingerprint density at radius 3 is 1.54 bits per heavy atom. The second-order valence-corrected chi connectivity index (χ2v) is 12.4. The van der Waals surface area contributed by atoms with Gasteiger partial charge in [0.15, 0.2) is 0 Å². The van der Waals surface area contributed by atoms with Gasteiger partial charge in [-0.2, -0.15) is 10.5 Å². The van der Waals surface area contributed by atoms with Crippen LogP contribution in [0.2, 0.25) is 0 Å². The molecule has 5 rings (SSSR count). The van der Waals surface area contributed by atoms with Crippen LogP contribution in [-0.2, 0) is 13.1 Å². The number of aromatic nitrogens is 2. The number of fused-ring (bicyclic) bond motifs is 3. The summed E-state index contributed by atoms with van der Waals surface area (Å²) < 4.78 is 10.1. The Labute approximate surface area is 229 Å². The summed E-state index contributed by atoms with van der Waals surface area (Å²) in [5.74, 6) is 0. The SMILES string of the molecule is CCCn1c(/C=C(/C)C#N)ccc1-c1cc2sc3cc(-c4ccc(/C=C(/C)C#N)n4CCC)sc3c2s1. The number of nitriles is 2. The third-order valence-corrected chi connectivity index (χ3v) is 10.2. The van der Waals surface area contributed by atoms with Gasteiger partial charge in [0.1, 0.15) is 0 Å². The van der Waals surface area contributed by atoms with Crippen molar-refractivity contribution in [3.8, 4) is 33.3 Å². The molecule has 0 aliphatic carbocycles. The zero-order valence-electron chi connectivity index (χ0n) is 21.5. The number of thiophene rings is 3. The molecule has 0 aromatic carbocycles. The standard InChI is InChI=1S/C30H28N4S3/c1-5-11-33-21(13-19(3)17-31)7-9-23(33)25-15-27-29(36-25)30-28(35-27)16-26(37-30)24-10-8-22(14-20(4)18-32)34(24)12-6-2/h7-10,13-16H,5-6,11-12H2,1-4H3/b19-13-,20-14-. The third kappa shape index (κ3) is 4.71. The van der Waals surface area contributed by atoms with Gasteiger partial charge in [-0.25, -0.2) is 0 Å². The Morgan fingerprint density at radius 1 is 0.730 bits per heavy atom. The number of rotatable bonds is 8. The molecular weight excluding hydrogens is 513 g/mol. The Morgan fingerprint density at radius 2 is 1.16 bits per heavy atom. The van der Waals surface area contributed by atoms with Crippen molar-refractivity contribution in [3.63, 3.8) is 0 Å². The van der Waals surface area contributed by atoms with E-state index in [9.17, 15) is 10.5 Å². The third-order valence-electron chi connectivity index (χ3n) is 6.33. The molecule has 4 nitrogen and oxygen atoms in total. The molecule has 5 aromatic heterocycles. The topological polar surface area (TPSA) is 57.4 Å². The van der Waals surface area contributed by atoms with Gasteiger partial charge in [0.05, 0.1) is 42.7 Å². The summed E-state index contributed by atoms with van der Waals surface area (Å²) in [4.78, 5) is 2.55. The van der Waals surface area contributed by atoms with Gasteiger partial charge in [-0.3, -0.25) is 0 Å². The lowest BCUT2D eigenvalue weighted by molar-refractivity contribution is 0.685. The predicted molar refractivity (Wildman–Crippen MR) is 161 cm³/mol. The molecule has 0 fully saturated rings. The van der Waals surface area contributed by atoms with Gasteiger partial charge in [0.25, 0.3) is 0 Å². The summed E-state index contributed by atoms with van der Waals surface area (Å²) in [5, 5.41) is 18.5. The van der Waals surface area contributed by atoms with Gasteiger partial charge in [0.2, 0.25) is 0 Å². The fourth-order valence-corrected chi connectivity index (χ4v) is 8.78. The van der Waals surface area contributed by atoms with Gasteiger partial charge < -0.3 is 9.13 Å². The van der Waals surface area contributed by atoms with Gasteiger partial charge in [-0.15, -0.1) is 34.0 Å². The first kappa shape index (κ1) is 25.3. The normalized spacial score (nSPS) is 12.5. The van der Waals surface area contributed by atoms with E-state index in [1.165, 1.54) is 39.9 Å². The monoisotopic (exact) mass is 540 g/mol. The van der Waals surface area contributed by atoms with E-state index in [0.29, 0.717) is 0 Å². The smallest absolute Gasteiger partial charge is 0.0944 e. The van der Waals surface area contributed by atoms with Crippen molar-refractivity contribution in [2.45, 2.75) is 53.6 Å². The first-order chi connectivity index (χ1) is 18.0. The quantitative estimate of drug-likeness (QED) is 0.184. The van der Waals surface area contributed by atoms with Gasteiger partial charge in [-0.05, 0) is 75.2 Å². The highest BCUT2D eigenvalue weighted by molar-refractivity contribution is 7.40. The van der Waals surface area contributed by atoms with E-state index < -0.39 is 0 Å². The van der Waals surface area contributed by atoms with Crippen LogP contribution in [0, 0.1) is 22.7 Å². The summed E-state index contributed by atoms with van der Waals surface area (Å²) in [6.45, 7) is 9.94. The van der Waals surface area contributed by atoms with E-state index in [0.717, 1.165) is 48.5 Å². The predicted octanol–water partition coefficient (Wildman–Crippen LogP) is 9.79. The van der Waals surface area contributed by atoms with Crippen LogP contribution in [-0.4, -0.2) is 9.13 Å². The Balaban J connectivity index is 1.57. The van der Waals surface area contributed by atoms with E-state index >= 15 is 0 Å². The minimum absolute atomic E-state index is 0.719. The van der Waals surface area contributed by atoms with Gasteiger partial charge >= 0.3 is 0 Å². The fourth-order valence-electron chi connectivity index (χ4n) is 4.69. The summed E-state index contributed by atoms with van der Waals surface area (Å²) >= 11 is 5.60. The largest absolute Gasteiger partial charge is 0.340 e. The maximum Gasteiger partial charge on any atom is 0.0944 e. The van der Waals surface area contributed by atoms with E-state index in [4.69, 9.17) is 0 Å². The molecule has 0 unspecified atom stereocenters. The van der Waals surface area contributed by atoms with Crippen LogP contribution in [0.1, 0.15) is 51.9 Å². The van der Waals surface area contributed by atoms with Crippen LogP contribution in [0.4, 0.5) is 0 Å². The van der Waals surface area contributed by atoms with Crippen LogP contribution >= 0.6 is 34.0 Å². The lowest BCUT2D eigenvalue weighted by atomic mass is 10.2. The second kappa shape index (κ2) is 10.6. The van der Waals surface area contributed by atoms with Crippen molar-refractivity contribution < 1.29 is 0 Å². The lowest BCUT2D eigenvalue weighted by Gasteiger charge is -2.09. The van der Waals surface area contributed by atoms with Crippen molar-refractivity contribution in [2.75, 3.05) is 0 Å². The van der Waals surface area contributed by atoms with E-state index in [-0.39, 0.29) is 0 Å². The highest BCUT2D eigenvalue weighted by atomic mass is 32.1. The van der Waals surface area contributed by atoms with Crippen LogP contribution in [0.25, 0.3) is 52.1 Å². The average molecular weight is 541 g/mol. The zero-order chi connectivity index (χ0) is 26.1. The van der Waals surface area contributed by atoms with Crippen molar-refractivity contribution in [2.24, 2.45) is 0 Å². The van der Waals surface area contributed by atoms with Crippen LogP contribution in [0.15, 0.2) is 47.5 Å². The summed E-state index contributed by atoms with van der Waals surface area (Å²) in [6, 6.07) is 17.8. The molecule has 0 N–H and O–H groups in total. The molecule has 0 amide bonds. The van der Waals surface area contributed by atoms with Crippen LogP contribution in [0.5, 0.6) is 0 Å². The molecule has 0 spiro atoms. The molecule has 186 valence electrons. The highest BCUT2D eigenvalue weighted by Gasteiger charge is 2.19. The fraction of sp³-hybridized carbons (Fsp3) is 0.267. The molecule has 0 atom stereocenters. The number of hydrogen-bond acceptors (Lipinski definition) is 5. The minimum Gasteiger partial charge on any atom is -0.340 e. The van der Waals surface area contributed by atoms with E-state index in [1.807, 2.05) is 60.0 Å². The molecule has 7 heteroatoms. The molecule has 0 aliphatic rings. The zero-order valence-corrected chi connectivity index (χ0v) is 23.9. The molecule has 5 heterocycles. The van der Waals surface area contributed by atoms with E-state index in [2.05, 4.69) is 71.5 Å². The minimum atomic E-state index is 0.719. The Bertz CT molecular complexity index is 1620. The molecule has 0 radical (unpaired) electrons. The molecular formula is C30H28N4S3. The van der Waals surface area contributed by atoms with Crippen LogP contribution in [0.3, 0.4) is 0 Å². The van der Waals surface area contributed by atoms with Crippen LogP contribution < -0.4 is 0 Å². The Kier molecular flexibility index (Phi) is 7.22. The Hall–Kier alpha value is -3.36. The summed E-state index contributed by atoms with van der Waals surface area (Å²) in [7, 11) is 0. The summed E-state index contributed by atoms with van der Waals surface area (Å²) in [5.41, 5.74) is 6.05. The first-order valence-corrected chi connectivity index (χ1v) is 14.9. The first-order valence-electron chi connectivity index (χ1n) is 12.5. The van der Waals surface area contributed by atoms with Gasteiger partial charge in [0, 0.05) is 45.0 Å². The van der Waals surface area contributed by atoms with Crippen molar-refractivity contribution in [1.82, 2.24) is 9.13 Å². The summed E-state index contributed by atoms with van der Waals surface area (Å²) in [6.07, 6.45) is 6.03. The van der Waals surface area contributed by atoms with Crippen molar-refractivity contribution >= 4 is 65.0 Å². The second-order valence-electron chi connectivity index (χ2n) is 9.18.